The van der Waals surface area contributed by atoms with E-state index in [-0.39, 0.29) is 5.76 Å². The summed E-state index contributed by atoms with van der Waals surface area (Å²) in [5.41, 5.74) is 1.21. The quantitative estimate of drug-likeness (QED) is 0.847. The Balaban J connectivity index is 2.53. The molecular formula is C12H11NO3S. The van der Waals surface area contributed by atoms with Crippen LogP contribution in [0.5, 0.6) is 0 Å². The molecule has 1 N–H and O–H groups in total. The standard InChI is InChI=1S/C12H11NO3S/c1-7-10(12(14)15)16-11(13-7)8-5-3-4-6-9(8)17-2/h3-6H,1-2H3,(H,14,15). The molecule has 2 aromatic rings. The molecule has 0 amide bonds. The Hall–Kier alpha value is -1.75. The van der Waals surface area contributed by atoms with Gasteiger partial charge in [0.05, 0.1) is 11.3 Å². The highest BCUT2D eigenvalue weighted by atomic mass is 32.2. The zero-order valence-corrected chi connectivity index (χ0v) is 10.2. The lowest BCUT2D eigenvalue weighted by atomic mass is 10.2. The molecule has 0 unspecified atom stereocenters. The van der Waals surface area contributed by atoms with Crippen LogP contribution in [0, 0.1) is 6.92 Å². The summed E-state index contributed by atoms with van der Waals surface area (Å²) in [4.78, 5) is 16.0. The van der Waals surface area contributed by atoms with E-state index in [2.05, 4.69) is 4.98 Å². The van der Waals surface area contributed by atoms with Gasteiger partial charge in [-0.1, -0.05) is 12.1 Å². The van der Waals surface area contributed by atoms with E-state index in [1.165, 1.54) is 0 Å². The van der Waals surface area contributed by atoms with Crippen LogP contribution in [0.2, 0.25) is 0 Å². The molecule has 0 fully saturated rings. The first-order valence-electron chi connectivity index (χ1n) is 4.97. The number of rotatable bonds is 3. The van der Waals surface area contributed by atoms with E-state index in [1.807, 2.05) is 30.5 Å². The van der Waals surface area contributed by atoms with Crippen molar-refractivity contribution in [1.82, 2.24) is 4.98 Å². The van der Waals surface area contributed by atoms with Crippen LogP contribution < -0.4 is 0 Å². The molecule has 0 aliphatic heterocycles. The molecule has 0 spiro atoms. The molecule has 0 aliphatic carbocycles. The smallest absolute Gasteiger partial charge is 0.373 e. The van der Waals surface area contributed by atoms with Gasteiger partial charge in [-0.2, -0.15) is 0 Å². The number of hydrogen-bond acceptors (Lipinski definition) is 4. The van der Waals surface area contributed by atoms with E-state index in [1.54, 1.807) is 18.7 Å². The number of benzene rings is 1. The Labute approximate surface area is 103 Å². The van der Waals surface area contributed by atoms with Gasteiger partial charge in [0.2, 0.25) is 11.7 Å². The molecule has 0 bridgehead atoms. The highest BCUT2D eigenvalue weighted by Crippen LogP contribution is 2.30. The molecule has 0 saturated carbocycles. The van der Waals surface area contributed by atoms with Crippen molar-refractivity contribution in [2.24, 2.45) is 0 Å². The van der Waals surface area contributed by atoms with Crippen LogP contribution in [0.25, 0.3) is 11.5 Å². The summed E-state index contributed by atoms with van der Waals surface area (Å²) < 4.78 is 5.28. The molecular weight excluding hydrogens is 238 g/mol. The largest absolute Gasteiger partial charge is 0.475 e. The Kier molecular flexibility index (Phi) is 3.19. The van der Waals surface area contributed by atoms with Crippen LogP contribution in [0.4, 0.5) is 0 Å². The van der Waals surface area contributed by atoms with Crippen LogP contribution in [0.15, 0.2) is 33.6 Å². The van der Waals surface area contributed by atoms with Gasteiger partial charge in [0.25, 0.3) is 0 Å². The Morgan fingerprint density at radius 1 is 1.41 bits per heavy atom. The highest BCUT2D eigenvalue weighted by molar-refractivity contribution is 7.98. The van der Waals surface area contributed by atoms with Crippen molar-refractivity contribution in [1.29, 1.82) is 0 Å². The van der Waals surface area contributed by atoms with Crippen molar-refractivity contribution in [2.75, 3.05) is 6.26 Å². The van der Waals surface area contributed by atoms with Gasteiger partial charge >= 0.3 is 5.97 Å². The molecule has 0 saturated heterocycles. The molecule has 1 heterocycles. The van der Waals surface area contributed by atoms with Gasteiger partial charge in [-0.3, -0.25) is 0 Å². The van der Waals surface area contributed by atoms with E-state index in [0.29, 0.717) is 11.6 Å². The first kappa shape index (κ1) is 11.7. The SMILES string of the molecule is CSc1ccccc1-c1nc(C)c(C(=O)O)o1. The van der Waals surface area contributed by atoms with E-state index in [0.717, 1.165) is 10.5 Å². The van der Waals surface area contributed by atoms with Crippen molar-refractivity contribution in [2.45, 2.75) is 11.8 Å². The van der Waals surface area contributed by atoms with E-state index < -0.39 is 5.97 Å². The zero-order chi connectivity index (χ0) is 12.4. The van der Waals surface area contributed by atoms with Gasteiger partial charge in [0.1, 0.15) is 0 Å². The van der Waals surface area contributed by atoms with Crippen LogP contribution in [0.3, 0.4) is 0 Å². The summed E-state index contributed by atoms with van der Waals surface area (Å²) in [6.07, 6.45) is 1.95. The molecule has 4 nitrogen and oxygen atoms in total. The molecule has 5 heteroatoms. The maximum absolute atomic E-state index is 10.9. The summed E-state index contributed by atoms with van der Waals surface area (Å²) in [6, 6.07) is 7.60. The van der Waals surface area contributed by atoms with Crippen LogP contribution >= 0.6 is 11.8 Å². The number of oxazole rings is 1. The second-order valence-corrected chi connectivity index (χ2v) is 4.29. The van der Waals surface area contributed by atoms with Crippen molar-refractivity contribution in [3.05, 3.63) is 35.7 Å². The summed E-state index contributed by atoms with van der Waals surface area (Å²) in [7, 11) is 0. The first-order valence-corrected chi connectivity index (χ1v) is 6.20. The maximum Gasteiger partial charge on any atom is 0.373 e. The number of aryl methyl sites for hydroxylation is 1. The minimum Gasteiger partial charge on any atom is -0.475 e. The van der Waals surface area contributed by atoms with Crippen LogP contribution in [0.1, 0.15) is 16.2 Å². The van der Waals surface area contributed by atoms with E-state index >= 15 is 0 Å². The average molecular weight is 249 g/mol. The second kappa shape index (κ2) is 4.63. The molecule has 0 aliphatic rings. The second-order valence-electron chi connectivity index (χ2n) is 3.44. The summed E-state index contributed by atoms with van der Waals surface area (Å²) in [5, 5.41) is 8.91. The topological polar surface area (TPSA) is 63.3 Å². The molecule has 88 valence electrons. The summed E-state index contributed by atoms with van der Waals surface area (Å²) >= 11 is 1.57. The van der Waals surface area contributed by atoms with Gasteiger partial charge < -0.3 is 9.52 Å². The number of carbonyl (C=O) groups is 1. The summed E-state index contributed by atoms with van der Waals surface area (Å²) in [6.45, 7) is 1.62. The lowest BCUT2D eigenvalue weighted by Gasteiger charge is -2.01. The fourth-order valence-corrected chi connectivity index (χ4v) is 2.12. The predicted molar refractivity (Wildman–Crippen MR) is 65.4 cm³/mol. The lowest BCUT2D eigenvalue weighted by Crippen LogP contribution is -1.95. The van der Waals surface area contributed by atoms with Crippen molar-refractivity contribution in [3.8, 4) is 11.5 Å². The van der Waals surface area contributed by atoms with Crippen molar-refractivity contribution >= 4 is 17.7 Å². The van der Waals surface area contributed by atoms with Crippen molar-refractivity contribution in [3.63, 3.8) is 0 Å². The number of thioether (sulfide) groups is 1. The van der Waals surface area contributed by atoms with Gasteiger partial charge in [-0.25, -0.2) is 9.78 Å². The monoisotopic (exact) mass is 249 g/mol. The predicted octanol–water partition coefficient (Wildman–Crippen LogP) is 3.07. The fourth-order valence-electron chi connectivity index (χ4n) is 1.53. The fraction of sp³-hybridized carbons (Fsp3) is 0.167. The molecule has 17 heavy (non-hydrogen) atoms. The van der Waals surface area contributed by atoms with Gasteiger partial charge in [0.15, 0.2) is 0 Å². The highest BCUT2D eigenvalue weighted by Gasteiger charge is 2.18. The Bertz CT molecular complexity index is 563. The van der Waals surface area contributed by atoms with Crippen LogP contribution in [-0.4, -0.2) is 22.3 Å². The van der Waals surface area contributed by atoms with Gasteiger partial charge in [-0.05, 0) is 25.3 Å². The number of aromatic carboxylic acids is 1. The van der Waals surface area contributed by atoms with Crippen LogP contribution in [-0.2, 0) is 0 Å². The molecule has 1 aromatic carbocycles. The van der Waals surface area contributed by atoms with E-state index in [9.17, 15) is 4.79 Å². The Morgan fingerprint density at radius 3 is 2.71 bits per heavy atom. The van der Waals surface area contributed by atoms with E-state index in [4.69, 9.17) is 9.52 Å². The maximum atomic E-state index is 10.9. The third-order valence-electron chi connectivity index (χ3n) is 2.33. The number of aromatic nitrogens is 1. The Morgan fingerprint density at radius 2 is 2.12 bits per heavy atom. The zero-order valence-electron chi connectivity index (χ0n) is 9.43. The lowest BCUT2D eigenvalue weighted by molar-refractivity contribution is 0.0662. The number of hydrogen-bond donors (Lipinski definition) is 1. The molecule has 0 atom stereocenters. The van der Waals surface area contributed by atoms with Gasteiger partial charge in [0, 0.05) is 4.90 Å². The van der Waals surface area contributed by atoms with Crippen molar-refractivity contribution < 1.29 is 14.3 Å². The third-order valence-corrected chi connectivity index (χ3v) is 3.12. The molecule has 1 aromatic heterocycles. The number of carboxylic acids is 1. The molecule has 0 radical (unpaired) electrons. The minimum atomic E-state index is -1.09. The molecule has 2 rings (SSSR count). The third kappa shape index (κ3) is 2.19. The average Bonchev–Trinajstić information content (AvgIpc) is 2.71. The summed E-state index contributed by atoms with van der Waals surface area (Å²) in [5.74, 6) is -0.844. The number of nitrogens with zero attached hydrogens (tertiary/aromatic N) is 1. The number of carboxylic acid groups (broad SMARTS) is 1. The normalized spacial score (nSPS) is 10.5. The first-order chi connectivity index (χ1) is 8.13. The van der Waals surface area contributed by atoms with Gasteiger partial charge in [-0.15, -0.1) is 11.8 Å². The minimum absolute atomic E-state index is 0.101.